The van der Waals surface area contributed by atoms with Gasteiger partial charge in [-0.05, 0) is 104 Å². The van der Waals surface area contributed by atoms with Crippen molar-refractivity contribution in [2.24, 2.45) is 0 Å². The largest absolute Gasteiger partial charge is 0.308 e. The molecule has 0 amide bonds. The van der Waals surface area contributed by atoms with Crippen LogP contribution in [-0.2, 0) is 0 Å². The number of hydrogen-bond donors (Lipinski definition) is 0. The Bertz CT molecular complexity index is 4000. The smallest absolute Gasteiger partial charge is 0.0640 e. The van der Waals surface area contributed by atoms with Crippen LogP contribution in [0.15, 0.2) is 243 Å². The number of rotatable bonds is 7. The second-order valence-electron chi connectivity index (χ2n) is 17.6. The van der Waals surface area contributed by atoms with Gasteiger partial charge in [-0.1, -0.05) is 182 Å². The van der Waals surface area contributed by atoms with E-state index in [1.165, 1.54) is 94.8 Å². The van der Waals surface area contributed by atoms with Crippen molar-refractivity contribution < 1.29 is 0 Å². The summed E-state index contributed by atoms with van der Waals surface area (Å²) in [5, 5.41) is 15.1. The summed E-state index contributed by atoms with van der Waals surface area (Å²) in [5.41, 5.74) is 9.24. The van der Waals surface area contributed by atoms with E-state index < -0.39 is 0 Å². The zero-order valence-corrected chi connectivity index (χ0v) is 38.4. The van der Waals surface area contributed by atoms with Gasteiger partial charge >= 0.3 is 0 Å². The Morgan fingerprint density at radius 1 is 0.235 bits per heavy atom. The Morgan fingerprint density at radius 2 is 0.574 bits per heavy atom. The van der Waals surface area contributed by atoms with Crippen LogP contribution in [0.3, 0.4) is 0 Å². The molecule has 12 aromatic carbocycles. The van der Waals surface area contributed by atoms with E-state index in [2.05, 4.69) is 252 Å². The van der Waals surface area contributed by atoms with Gasteiger partial charge in [0.25, 0.3) is 0 Å². The summed E-state index contributed by atoms with van der Waals surface area (Å²) in [7, 11) is 0. The summed E-state index contributed by atoms with van der Waals surface area (Å²) in [6.45, 7) is 0. The van der Waals surface area contributed by atoms with Crippen LogP contribution < -0.4 is 9.80 Å². The molecule has 0 saturated heterocycles. The average Bonchev–Trinajstić information content (AvgIpc) is 3.99. The Hall–Kier alpha value is -8.28. The summed E-state index contributed by atoms with van der Waals surface area (Å²) < 4.78 is 5.15. The Kier molecular flexibility index (Phi) is 8.98. The van der Waals surface area contributed by atoms with Crippen molar-refractivity contribution in [1.82, 2.24) is 0 Å². The topological polar surface area (TPSA) is 6.48 Å². The predicted molar refractivity (Wildman–Crippen MR) is 297 cm³/mol. The fourth-order valence-electron chi connectivity index (χ4n) is 10.7. The van der Waals surface area contributed by atoms with Crippen molar-refractivity contribution in [3.05, 3.63) is 243 Å². The van der Waals surface area contributed by atoms with Gasteiger partial charge in [0.15, 0.2) is 0 Å². The molecule has 2 heterocycles. The molecular weight excluding hydrogens is 861 g/mol. The average molecular weight is 901 g/mol. The number of fused-ring (bicyclic) bond motifs is 12. The lowest BCUT2D eigenvalue weighted by Gasteiger charge is -2.28. The van der Waals surface area contributed by atoms with Gasteiger partial charge in [0.05, 0.1) is 32.1 Å². The van der Waals surface area contributed by atoms with Crippen molar-refractivity contribution in [3.8, 4) is 11.1 Å². The zero-order valence-electron chi connectivity index (χ0n) is 36.8. The lowest BCUT2D eigenvalue weighted by atomic mass is 9.98. The highest BCUT2D eigenvalue weighted by atomic mass is 32.1. The van der Waals surface area contributed by atoms with E-state index in [0.717, 1.165) is 33.9 Å². The maximum absolute atomic E-state index is 2.49. The normalized spacial score (nSPS) is 11.8. The minimum atomic E-state index is 1.11. The standard InChI is InChI=1S/C64H40N2S2/c1-3-17-47-43(15-1)39-59(51-21-7-5-19-49(47)51)65(57-27-13-25-55-53-23-9-11-29-61(53)67-63(55)57)45-35-31-41(32-36-45)42-33-37-46(38-34-42)66(58-28-14-26-56-54-24-10-12-30-62(54)68-64(56)58)60-40-44-16-2-4-18-48(44)50-20-6-8-22-52(50)60/h1-40H. The molecule has 14 rings (SSSR count). The van der Waals surface area contributed by atoms with Gasteiger partial charge in [0, 0.05) is 53.1 Å². The van der Waals surface area contributed by atoms with Crippen molar-refractivity contribution in [3.63, 3.8) is 0 Å². The maximum Gasteiger partial charge on any atom is 0.0640 e. The number of nitrogens with zero attached hydrogens (tertiary/aromatic N) is 2. The highest BCUT2D eigenvalue weighted by Crippen LogP contribution is 2.50. The molecule has 0 atom stereocenters. The van der Waals surface area contributed by atoms with E-state index in [0.29, 0.717) is 0 Å². The van der Waals surface area contributed by atoms with Gasteiger partial charge in [-0.15, -0.1) is 22.7 Å². The molecule has 14 aromatic rings. The molecule has 0 N–H and O–H groups in total. The summed E-state index contributed by atoms with van der Waals surface area (Å²) >= 11 is 3.74. The van der Waals surface area contributed by atoms with Crippen LogP contribution in [-0.4, -0.2) is 0 Å². The van der Waals surface area contributed by atoms with Gasteiger partial charge < -0.3 is 9.80 Å². The monoisotopic (exact) mass is 900 g/mol. The maximum atomic E-state index is 2.49. The summed E-state index contributed by atoms with van der Waals surface area (Å²) in [5.74, 6) is 0. The molecule has 0 unspecified atom stereocenters. The highest BCUT2D eigenvalue weighted by Gasteiger charge is 2.23. The highest BCUT2D eigenvalue weighted by molar-refractivity contribution is 7.26. The van der Waals surface area contributed by atoms with Crippen LogP contribution in [0.25, 0.3) is 94.6 Å². The van der Waals surface area contributed by atoms with Crippen LogP contribution in [0.5, 0.6) is 0 Å². The second-order valence-corrected chi connectivity index (χ2v) is 19.7. The van der Waals surface area contributed by atoms with Crippen LogP contribution in [0.4, 0.5) is 34.1 Å². The molecule has 2 aromatic heterocycles. The van der Waals surface area contributed by atoms with Gasteiger partial charge in [0.1, 0.15) is 0 Å². The van der Waals surface area contributed by atoms with Crippen molar-refractivity contribution in [1.29, 1.82) is 0 Å². The first-order valence-electron chi connectivity index (χ1n) is 23.2. The first-order chi connectivity index (χ1) is 33.7. The van der Waals surface area contributed by atoms with Gasteiger partial charge in [0.2, 0.25) is 0 Å². The molecular formula is C64H40N2S2. The second kappa shape index (κ2) is 15.7. The van der Waals surface area contributed by atoms with Crippen molar-refractivity contribution >= 4 is 140 Å². The molecule has 0 spiro atoms. The Labute approximate surface area is 401 Å². The molecule has 318 valence electrons. The fourth-order valence-corrected chi connectivity index (χ4v) is 13.1. The quantitative estimate of drug-likeness (QED) is 0.147. The van der Waals surface area contributed by atoms with Crippen LogP contribution in [0, 0.1) is 0 Å². The van der Waals surface area contributed by atoms with Crippen LogP contribution >= 0.6 is 22.7 Å². The zero-order chi connectivity index (χ0) is 44.7. The van der Waals surface area contributed by atoms with Crippen LogP contribution in [0.2, 0.25) is 0 Å². The molecule has 4 heteroatoms. The SMILES string of the molecule is c1ccc2c(c1)cc(N(c1ccc(-c3ccc(N(c4cc5ccccc5c5ccccc45)c4cccc5c4sc4ccccc45)cc3)cc1)c1cccc3c1sc1ccccc13)c1ccccc12. The molecule has 2 nitrogen and oxygen atoms in total. The lowest BCUT2D eigenvalue weighted by Crippen LogP contribution is -2.11. The minimum absolute atomic E-state index is 1.11. The van der Waals surface area contributed by atoms with E-state index in [1.807, 2.05) is 22.7 Å². The van der Waals surface area contributed by atoms with Crippen LogP contribution in [0.1, 0.15) is 0 Å². The predicted octanol–water partition coefficient (Wildman–Crippen LogP) is 19.6. The third kappa shape index (κ3) is 6.15. The number of anilines is 6. The lowest BCUT2D eigenvalue weighted by molar-refractivity contribution is 1.32. The van der Waals surface area contributed by atoms with E-state index in [9.17, 15) is 0 Å². The van der Waals surface area contributed by atoms with Crippen molar-refractivity contribution in [2.45, 2.75) is 0 Å². The molecule has 0 aliphatic carbocycles. The van der Waals surface area contributed by atoms with Gasteiger partial charge in [-0.3, -0.25) is 0 Å². The minimum Gasteiger partial charge on any atom is -0.308 e. The molecule has 68 heavy (non-hydrogen) atoms. The van der Waals surface area contributed by atoms with E-state index in [4.69, 9.17) is 0 Å². The number of benzene rings is 12. The fraction of sp³-hybridized carbons (Fsp3) is 0. The number of hydrogen-bond acceptors (Lipinski definition) is 4. The Balaban J connectivity index is 0.917. The summed E-state index contributed by atoms with van der Waals surface area (Å²) in [6, 6.07) is 89.5. The van der Waals surface area contributed by atoms with Gasteiger partial charge in [-0.2, -0.15) is 0 Å². The molecule has 0 aliphatic heterocycles. The van der Waals surface area contributed by atoms with Crippen molar-refractivity contribution in [2.75, 3.05) is 9.80 Å². The molecule has 0 saturated carbocycles. The molecule has 0 radical (unpaired) electrons. The summed E-state index contributed by atoms with van der Waals surface area (Å²) in [6.07, 6.45) is 0. The van der Waals surface area contributed by atoms with E-state index in [1.54, 1.807) is 0 Å². The first-order valence-corrected chi connectivity index (χ1v) is 24.8. The Morgan fingerprint density at radius 3 is 1.00 bits per heavy atom. The first kappa shape index (κ1) is 38.9. The van der Waals surface area contributed by atoms with E-state index >= 15 is 0 Å². The molecule has 0 bridgehead atoms. The third-order valence-electron chi connectivity index (χ3n) is 13.8. The summed E-state index contributed by atoms with van der Waals surface area (Å²) in [4.78, 5) is 4.97. The third-order valence-corrected chi connectivity index (χ3v) is 16.2. The van der Waals surface area contributed by atoms with Gasteiger partial charge in [-0.25, -0.2) is 0 Å². The molecule has 0 fully saturated rings. The molecule has 0 aliphatic rings. The van der Waals surface area contributed by atoms with E-state index in [-0.39, 0.29) is 0 Å². The number of thiophene rings is 2.